The molecule has 0 aliphatic carbocycles. The van der Waals surface area contributed by atoms with E-state index in [-0.39, 0.29) is 17.3 Å². The molecule has 1 aromatic heterocycles. The molecule has 0 aliphatic rings. The van der Waals surface area contributed by atoms with E-state index < -0.39 is 21.2 Å². The van der Waals surface area contributed by atoms with E-state index in [0.29, 0.717) is 19.8 Å². The molecule has 0 atom stereocenters. The molecular weight excluding hydrogens is 478 g/mol. The van der Waals surface area contributed by atoms with Crippen LogP contribution in [-0.2, 0) is 0 Å². The number of hydrogen-bond acceptors (Lipinski definition) is 7. The summed E-state index contributed by atoms with van der Waals surface area (Å²) in [5.74, 6) is -0.271. The normalized spacial score (nSPS) is 11.3. The first-order valence-corrected chi connectivity index (χ1v) is 8.41. The summed E-state index contributed by atoms with van der Waals surface area (Å²) in [5, 5.41) is 40.2. The van der Waals surface area contributed by atoms with Crippen LogP contribution in [0.3, 0.4) is 0 Å². The zero-order valence-corrected chi connectivity index (χ0v) is 15.7. The molecule has 0 saturated carbocycles. The minimum Gasteiger partial charge on any atom is -0.493 e. The van der Waals surface area contributed by atoms with Crippen LogP contribution in [0.4, 0.5) is 22.7 Å². The van der Waals surface area contributed by atoms with Crippen LogP contribution in [0.2, 0.25) is 0 Å². The van der Waals surface area contributed by atoms with Gasteiger partial charge in [-0.15, -0.1) is 10.2 Å². The quantitative estimate of drug-likeness (QED) is 0.279. The Balaban J connectivity index is 2.11. The number of aromatic nitrogens is 1. The van der Waals surface area contributed by atoms with Gasteiger partial charge < -0.3 is 10.1 Å². The van der Waals surface area contributed by atoms with Gasteiger partial charge in [-0.05, 0) is 34.1 Å². The summed E-state index contributed by atoms with van der Waals surface area (Å²) in [6, 6.07) is 6.47. The van der Waals surface area contributed by atoms with Crippen molar-refractivity contribution in [2.24, 2.45) is 10.2 Å². The van der Waals surface area contributed by atoms with Crippen molar-refractivity contribution in [2.45, 2.75) is 0 Å². The average Bonchev–Trinajstić information content (AvgIpc) is 2.88. The van der Waals surface area contributed by atoms with Crippen molar-refractivity contribution < 1.29 is 15.0 Å². The molecule has 2 N–H and O–H groups in total. The van der Waals surface area contributed by atoms with Gasteiger partial charge in [0.05, 0.1) is 21.4 Å². The molecule has 0 unspecified atom stereocenters. The van der Waals surface area contributed by atoms with Crippen molar-refractivity contribution in [3.8, 4) is 5.88 Å². The van der Waals surface area contributed by atoms with Gasteiger partial charge in [-0.2, -0.15) is 0 Å². The maximum Gasteiger partial charge on any atom is 0.303 e. The molecule has 0 aliphatic heterocycles. The number of rotatable bonds is 4. The fraction of sp³-hybridized carbons (Fsp3) is 0. The minimum absolute atomic E-state index is 0.0784. The van der Waals surface area contributed by atoms with Crippen LogP contribution in [0.25, 0.3) is 10.9 Å². The lowest BCUT2D eigenvalue weighted by Crippen LogP contribution is -1.92. The molecule has 132 valence electrons. The van der Waals surface area contributed by atoms with Crippen molar-refractivity contribution >= 4 is 65.5 Å². The number of nitrogens with zero attached hydrogens (tertiary/aromatic N) is 4. The Morgan fingerprint density at radius 2 is 1.77 bits per heavy atom. The minimum atomic E-state index is -0.788. The number of nitrogens with one attached hydrogen (secondary N) is 1. The van der Waals surface area contributed by atoms with Crippen molar-refractivity contribution in [1.82, 2.24) is 4.98 Å². The number of non-ortho nitro benzene ring substituents is 1. The molecule has 3 rings (SSSR count). The van der Waals surface area contributed by atoms with E-state index in [2.05, 4.69) is 47.1 Å². The lowest BCUT2D eigenvalue weighted by molar-refractivity contribution is -0.393. The third kappa shape index (κ3) is 3.28. The summed E-state index contributed by atoms with van der Waals surface area (Å²) in [6.07, 6.45) is 0. The van der Waals surface area contributed by atoms with Crippen LogP contribution in [0, 0.1) is 20.2 Å². The molecule has 0 fully saturated rings. The van der Waals surface area contributed by atoms with E-state index in [9.17, 15) is 25.3 Å². The van der Waals surface area contributed by atoms with Crippen LogP contribution in [0.1, 0.15) is 0 Å². The molecule has 0 radical (unpaired) electrons. The molecule has 3 aromatic rings. The molecule has 1 heterocycles. The maximum absolute atomic E-state index is 11.1. The highest BCUT2D eigenvalue weighted by molar-refractivity contribution is 9.11. The van der Waals surface area contributed by atoms with E-state index >= 15 is 0 Å². The van der Waals surface area contributed by atoms with Crippen molar-refractivity contribution in [3.05, 3.63) is 59.5 Å². The highest BCUT2D eigenvalue weighted by Crippen LogP contribution is 2.41. The van der Waals surface area contributed by atoms with Crippen LogP contribution in [-0.4, -0.2) is 19.9 Å². The Labute approximate surface area is 161 Å². The standard InChI is InChI=1S/C14H7Br2N5O5/c15-6-3-8-12(9(16)4-6)17-14(22)13(8)19-18-10-2-1-7(20(23)24)5-11(10)21(25)26/h1-5,17,22H. The zero-order valence-electron chi connectivity index (χ0n) is 12.5. The second-order valence-electron chi connectivity index (χ2n) is 5.02. The lowest BCUT2D eigenvalue weighted by atomic mass is 10.2. The Kier molecular flexibility index (Phi) is 4.70. The smallest absolute Gasteiger partial charge is 0.303 e. The number of halogens is 2. The van der Waals surface area contributed by atoms with Crippen LogP contribution < -0.4 is 0 Å². The molecule has 10 nitrogen and oxygen atoms in total. The summed E-state index contributed by atoms with van der Waals surface area (Å²) < 4.78 is 1.38. The molecular formula is C14H7Br2N5O5. The van der Waals surface area contributed by atoms with Gasteiger partial charge in [-0.1, -0.05) is 15.9 Å². The van der Waals surface area contributed by atoms with Gasteiger partial charge in [-0.3, -0.25) is 20.2 Å². The van der Waals surface area contributed by atoms with E-state index in [4.69, 9.17) is 0 Å². The number of H-pyrrole nitrogens is 1. The topological polar surface area (TPSA) is 147 Å². The summed E-state index contributed by atoms with van der Waals surface area (Å²) in [5.41, 5.74) is -0.529. The first kappa shape index (κ1) is 17.9. The predicted octanol–water partition coefficient (Wildman–Crippen LogP) is 5.63. The summed E-state index contributed by atoms with van der Waals surface area (Å²) in [4.78, 5) is 23.1. The molecule has 26 heavy (non-hydrogen) atoms. The maximum atomic E-state index is 11.1. The van der Waals surface area contributed by atoms with E-state index in [1.54, 1.807) is 12.1 Å². The number of benzene rings is 2. The molecule has 12 heteroatoms. The number of fused-ring (bicyclic) bond motifs is 1. The fourth-order valence-electron chi connectivity index (χ4n) is 2.25. The Bertz CT molecular complexity index is 1100. The van der Waals surface area contributed by atoms with Crippen LogP contribution in [0.5, 0.6) is 5.88 Å². The average molecular weight is 485 g/mol. The highest BCUT2D eigenvalue weighted by atomic mass is 79.9. The lowest BCUT2D eigenvalue weighted by Gasteiger charge is -1.98. The molecule has 0 bridgehead atoms. The Morgan fingerprint density at radius 3 is 2.42 bits per heavy atom. The second kappa shape index (κ2) is 6.80. The van der Waals surface area contributed by atoms with E-state index in [1.165, 1.54) is 0 Å². The fourth-order valence-corrected chi connectivity index (χ4v) is 3.58. The highest BCUT2D eigenvalue weighted by Gasteiger charge is 2.20. The van der Waals surface area contributed by atoms with Gasteiger partial charge in [-0.25, -0.2) is 0 Å². The Hall–Kier alpha value is -2.86. The zero-order chi connectivity index (χ0) is 19.0. The number of nitro benzene ring substituents is 2. The monoisotopic (exact) mass is 483 g/mol. The summed E-state index contributed by atoms with van der Waals surface area (Å²) >= 11 is 6.67. The number of aromatic amines is 1. The second-order valence-corrected chi connectivity index (χ2v) is 6.79. The van der Waals surface area contributed by atoms with Gasteiger partial charge in [0.25, 0.3) is 5.69 Å². The van der Waals surface area contributed by atoms with Gasteiger partial charge in [0.1, 0.15) is 0 Å². The van der Waals surface area contributed by atoms with Crippen LogP contribution in [0.15, 0.2) is 49.5 Å². The third-order valence-corrected chi connectivity index (χ3v) is 4.49. The van der Waals surface area contributed by atoms with Gasteiger partial charge in [0, 0.05) is 20.4 Å². The number of azo groups is 1. The SMILES string of the molecule is O=[N+]([O-])c1ccc(N=Nc2c(O)[nH]c3c(Br)cc(Br)cc23)c([N+](=O)[O-])c1. The molecule has 2 aromatic carbocycles. The van der Waals surface area contributed by atoms with Crippen molar-refractivity contribution in [2.75, 3.05) is 0 Å². The van der Waals surface area contributed by atoms with Crippen molar-refractivity contribution in [3.63, 3.8) is 0 Å². The van der Waals surface area contributed by atoms with Gasteiger partial charge in [0.2, 0.25) is 5.88 Å². The number of hydrogen-bond donors (Lipinski definition) is 2. The van der Waals surface area contributed by atoms with Crippen LogP contribution >= 0.6 is 31.9 Å². The summed E-state index contributed by atoms with van der Waals surface area (Å²) in [6.45, 7) is 0. The number of nitro groups is 2. The molecule has 0 spiro atoms. The van der Waals surface area contributed by atoms with E-state index in [1.807, 2.05) is 0 Å². The summed E-state index contributed by atoms with van der Waals surface area (Å²) in [7, 11) is 0. The van der Waals surface area contributed by atoms with E-state index in [0.717, 1.165) is 18.2 Å². The largest absolute Gasteiger partial charge is 0.493 e. The predicted molar refractivity (Wildman–Crippen MR) is 99.3 cm³/mol. The molecule has 0 amide bonds. The first-order chi connectivity index (χ1) is 12.3. The van der Waals surface area contributed by atoms with Gasteiger partial charge >= 0.3 is 5.69 Å². The van der Waals surface area contributed by atoms with Crippen molar-refractivity contribution in [1.29, 1.82) is 0 Å². The third-order valence-electron chi connectivity index (χ3n) is 3.40. The first-order valence-electron chi connectivity index (χ1n) is 6.82. The number of aromatic hydroxyl groups is 1. The molecule has 0 saturated heterocycles. The Morgan fingerprint density at radius 1 is 1.04 bits per heavy atom. The van der Waals surface area contributed by atoms with Gasteiger partial charge in [0.15, 0.2) is 11.4 Å².